The van der Waals surface area contributed by atoms with Crippen molar-refractivity contribution in [2.24, 2.45) is 0 Å². The summed E-state index contributed by atoms with van der Waals surface area (Å²) in [5.41, 5.74) is 2.30. The molecule has 1 amide bonds. The van der Waals surface area contributed by atoms with Crippen LogP contribution in [0.2, 0.25) is 0 Å². The first-order valence-electron chi connectivity index (χ1n) is 8.25. The fourth-order valence-electron chi connectivity index (χ4n) is 3.13. The SMILES string of the molecule is CCOc1ccc2nc(N3Cc4ccc(OC)c(OC)c4C3=O)sc2c1. The molecule has 2 aromatic carbocycles. The van der Waals surface area contributed by atoms with Gasteiger partial charge in [-0.15, -0.1) is 0 Å². The molecule has 2 heterocycles. The minimum atomic E-state index is -0.125. The topological polar surface area (TPSA) is 60.9 Å². The molecule has 0 atom stereocenters. The number of nitrogens with zero attached hydrogens (tertiary/aromatic N) is 2. The molecular weight excluding hydrogens is 352 g/mol. The van der Waals surface area contributed by atoms with Crippen LogP contribution < -0.4 is 19.1 Å². The Bertz CT molecular complexity index is 999. The molecule has 0 saturated carbocycles. The lowest BCUT2D eigenvalue weighted by molar-refractivity contribution is 0.0993. The van der Waals surface area contributed by atoms with Gasteiger partial charge in [-0.3, -0.25) is 9.69 Å². The molecular formula is C19H18N2O4S. The zero-order chi connectivity index (χ0) is 18.3. The molecule has 0 aliphatic carbocycles. The molecule has 134 valence electrons. The molecule has 1 aliphatic rings. The van der Waals surface area contributed by atoms with Gasteiger partial charge in [0.05, 0.1) is 43.2 Å². The van der Waals surface area contributed by atoms with Crippen LogP contribution >= 0.6 is 11.3 Å². The van der Waals surface area contributed by atoms with Crippen molar-refractivity contribution in [3.63, 3.8) is 0 Å². The maximum atomic E-state index is 13.0. The van der Waals surface area contributed by atoms with Gasteiger partial charge in [0.25, 0.3) is 5.91 Å². The highest BCUT2D eigenvalue weighted by molar-refractivity contribution is 7.22. The Morgan fingerprint density at radius 3 is 2.77 bits per heavy atom. The Kier molecular flexibility index (Phi) is 4.16. The lowest BCUT2D eigenvalue weighted by atomic mass is 10.1. The number of benzene rings is 2. The molecule has 4 rings (SSSR count). The standard InChI is InChI=1S/C19H18N2O4S/c1-4-25-12-6-7-13-15(9-12)26-19(20-13)21-10-11-5-8-14(23-2)17(24-3)16(11)18(21)22/h5-9H,4,10H2,1-3H3. The number of anilines is 1. The summed E-state index contributed by atoms with van der Waals surface area (Å²) >= 11 is 1.47. The first-order valence-corrected chi connectivity index (χ1v) is 9.07. The van der Waals surface area contributed by atoms with E-state index < -0.39 is 0 Å². The highest BCUT2D eigenvalue weighted by atomic mass is 32.1. The maximum absolute atomic E-state index is 13.0. The quantitative estimate of drug-likeness (QED) is 0.682. The predicted octanol–water partition coefficient (Wildman–Crippen LogP) is 3.87. The normalized spacial score (nSPS) is 13.2. The van der Waals surface area contributed by atoms with Crippen molar-refractivity contribution in [3.05, 3.63) is 41.5 Å². The Hall–Kier alpha value is -2.80. The van der Waals surface area contributed by atoms with Crippen molar-refractivity contribution in [1.82, 2.24) is 4.98 Å². The van der Waals surface area contributed by atoms with Crippen molar-refractivity contribution >= 4 is 32.6 Å². The number of rotatable bonds is 5. The van der Waals surface area contributed by atoms with Crippen LogP contribution in [0, 0.1) is 0 Å². The van der Waals surface area contributed by atoms with Crippen LogP contribution in [0.15, 0.2) is 30.3 Å². The van der Waals surface area contributed by atoms with E-state index in [0.29, 0.717) is 35.3 Å². The number of ether oxygens (including phenoxy) is 3. The van der Waals surface area contributed by atoms with E-state index in [9.17, 15) is 4.79 Å². The fourth-order valence-corrected chi connectivity index (χ4v) is 4.12. The number of hydrogen-bond acceptors (Lipinski definition) is 6. The number of amides is 1. The first kappa shape index (κ1) is 16.7. The van der Waals surface area contributed by atoms with Crippen LogP contribution in [0.3, 0.4) is 0 Å². The van der Waals surface area contributed by atoms with Crippen LogP contribution in [0.5, 0.6) is 17.2 Å². The lowest BCUT2D eigenvalue weighted by Crippen LogP contribution is -2.23. The van der Waals surface area contributed by atoms with Gasteiger partial charge in [0.2, 0.25) is 0 Å². The second-order valence-corrected chi connectivity index (χ2v) is 6.79. The average Bonchev–Trinajstić information content (AvgIpc) is 3.22. The molecule has 0 bridgehead atoms. The number of fused-ring (bicyclic) bond motifs is 2. The number of thiazole rings is 1. The molecule has 1 aromatic heterocycles. The third-order valence-electron chi connectivity index (χ3n) is 4.31. The largest absolute Gasteiger partial charge is 0.494 e. The van der Waals surface area contributed by atoms with E-state index in [1.807, 2.05) is 37.3 Å². The van der Waals surface area contributed by atoms with Crippen molar-refractivity contribution in [2.45, 2.75) is 13.5 Å². The van der Waals surface area contributed by atoms with E-state index in [-0.39, 0.29) is 5.91 Å². The van der Waals surface area contributed by atoms with Crippen LogP contribution in [0.4, 0.5) is 5.13 Å². The van der Waals surface area contributed by atoms with Crippen LogP contribution in [-0.2, 0) is 6.54 Å². The van der Waals surface area contributed by atoms with Gasteiger partial charge in [-0.25, -0.2) is 4.98 Å². The van der Waals surface area contributed by atoms with Crippen molar-refractivity contribution in [3.8, 4) is 17.2 Å². The van der Waals surface area contributed by atoms with Gasteiger partial charge in [0.15, 0.2) is 16.6 Å². The van der Waals surface area contributed by atoms with Crippen LogP contribution in [0.25, 0.3) is 10.2 Å². The minimum absolute atomic E-state index is 0.125. The number of aromatic nitrogens is 1. The molecule has 7 heteroatoms. The van der Waals surface area contributed by atoms with Gasteiger partial charge < -0.3 is 14.2 Å². The van der Waals surface area contributed by atoms with Gasteiger partial charge in [-0.05, 0) is 36.8 Å². The molecule has 0 radical (unpaired) electrons. The maximum Gasteiger partial charge on any atom is 0.264 e. The molecule has 0 unspecified atom stereocenters. The third-order valence-corrected chi connectivity index (χ3v) is 5.35. The second-order valence-electron chi connectivity index (χ2n) is 5.79. The highest BCUT2D eigenvalue weighted by Crippen LogP contribution is 2.41. The van der Waals surface area contributed by atoms with Gasteiger partial charge in [0, 0.05) is 0 Å². The van der Waals surface area contributed by atoms with Crippen LogP contribution in [-0.4, -0.2) is 31.7 Å². The van der Waals surface area contributed by atoms with Crippen molar-refractivity contribution < 1.29 is 19.0 Å². The Labute approximate surface area is 154 Å². The van der Waals surface area contributed by atoms with Crippen molar-refractivity contribution in [1.29, 1.82) is 0 Å². The molecule has 0 saturated heterocycles. The molecule has 0 spiro atoms. The number of carbonyl (C=O) groups is 1. The summed E-state index contributed by atoms with van der Waals surface area (Å²) in [7, 11) is 3.10. The van der Waals surface area contributed by atoms with E-state index in [1.54, 1.807) is 19.1 Å². The third kappa shape index (κ3) is 2.55. The van der Waals surface area contributed by atoms with Crippen molar-refractivity contribution in [2.75, 3.05) is 25.7 Å². The van der Waals surface area contributed by atoms with E-state index in [2.05, 4.69) is 4.98 Å². The molecule has 26 heavy (non-hydrogen) atoms. The summed E-state index contributed by atoms with van der Waals surface area (Å²) in [6.45, 7) is 3.02. The molecule has 3 aromatic rings. The summed E-state index contributed by atoms with van der Waals surface area (Å²) in [5.74, 6) is 1.70. The minimum Gasteiger partial charge on any atom is -0.494 e. The smallest absolute Gasteiger partial charge is 0.264 e. The lowest BCUT2D eigenvalue weighted by Gasteiger charge is -2.12. The zero-order valence-electron chi connectivity index (χ0n) is 14.7. The zero-order valence-corrected chi connectivity index (χ0v) is 15.6. The number of carbonyl (C=O) groups excluding carboxylic acids is 1. The molecule has 0 N–H and O–H groups in total. The fraction of sp³-hybridized carbons (Fsp3) is 0.263. The van der Waals surface area contributed by atoms with Gasteiger partial charge >= 0.3 is 0 Å². The Morgan fingerprint density at radius 2 is 2.04 bits per heavy atom. The summed E-state index contributed by atoms with van der Waals surface area (Å²) < 4.78 is 17.3. The Morgan fingerprint density at radius 1 is 1.19 bits per heavy atom. The number of hydrogen-bond donors (Lipinski definition) is 0. The number of methoxy groups -OCH3 is 2. The monoisotopic (exact) mass is 370 g/mol. The summed E-state index contributed by atoms with van der Waals surface area (Å²) in [5, 5.41) is 0.663. The summed E-state index contributed by atoms with van der Waals surface area (Å²) in [4.78, 5) is 19.3. The average molecular weight is 370 g/mol. The van der Waals surface area contributed by atoms with E-state index >= 15 is 0 Å². The summed E-state index contributed by atoms with van der Waals surface area (Å²) in [6, 6.07) is 9.48. The van der Waals surface area contributed by atoms with Gasteiger partial charge in [-0.1, -0.05) is 17.4 Å². The van der Waals surface area contributed by atoms with E-state index in [0.717, 1.165) is 21.5 Å². The van der Waals surface area contributed by atoms with E-state index in [4.69, 9.17) is 14.2 Å². The van der Waals surface area contributed by atoms with E-state index in [1.165, 1.54) is 11.3 Å². The second kappa shape index (κ2) is 6.49. The molecule has 6 nitrogen and oxygen atoms in total. The van der Waals surface area contributed by atoms with Gasteiger partial charge in [-0.2, -0.15) is 0 Å². The van der Waals surface area contributed by atoms with Gasteiger partial charge in [0.1, 0.15) is 5.75 Å². The molecule has 1 aliphatic heterocycles. The summed E-state index contributed by atoms with van der Waals surface area (Å²) in [6.07, 6.45) is 0. The molecule has 0 fully saturated rings. The Balaban J connectivity index is 1.73. The highest BCUT2D eigenvalue weighted by Gasteiger charge is 2.35. The predicted molar refractivity (Wildman–Crippen MR) is 101 cm³/mol. The first-order chi connectivity index (χ1) is 12.7. The van der Waals surface area contributed by atoms with Crippen LogP contribution in [0.1, 0.15) is 22.8 Å².